The van der Waals surface area contributed by atoms with Crippen LogP contribution in [0, 0.1) is 0 Å². The molecule has 0 fully saturated rings. The van der Waals surface area contributed by atoms with Crippen molar-refractivity contribution in [3.8, 4) is 0 Å². The van der Waals surface area contributed by atoms with Crippen LogP contribution < -0.4 is 0 Å². The maximum absolute atomic E-state index is 10.9. The Morgan fingerprint density at radius 2 is 1.79 bits per heavy atom. The number of allylic oxidation sites excluding steroid dienone is 1. The molecule has 14 heavy (non-hydrogen) atoms. The predicted molar refractivity (Wildman–Crippen MR) is 52.7 cm³/mol. The number of hydrogen-bond acceptors (Lipinski definition) is 4. The summed E-state index contributed by atoms with van der Waals surface area (Å²) in [5, 5.41) is 26.9. The first-order chi connectivity index (χ1) is 6.45. The number of hydrogen-bond donors (Lipinski definition) is 3. The van der Waals surface area contributed by atoms with Gasteiger partial charge in [-0.2, -0.15) is 0 Å². The van der Waals surface area contributed by atoms with Crippen LogP contribution in [0.1, 0.15) is 26.7 Å². The zero-order valence-electron chi connectivity index (χ0n) is 8.55. The molecule has 0 aliphatic carbocycles. The first kappa shape index (κ1) is 13.3. The molecule has 0 aliphatic heterocycles. The Morgan fingerprint density at radius 1 is 1.21 bits per heavy atom. The van der Waals surface area contributed by atoms with Gasteiger partial charge in [-0.05, 0) is 20.3 Å². The SMILES string of the molecule is CC(O)C(=O)C/C=C\CC(O)C(C)O. The smallest absolute Gasteiger partial charge is 0.164 e. The van der Waals surface area contributed by atoms with Crippen molar-refractivity contribution in [2.24, 2.45) is 0 Å². The number of rotatable bonds is 6. The van der Waals surface area contributed by atoms with E-state index in [0.29, 0.717) is 6.42 Å². The van der Waals surface area contributed by atoms with Gasteiger partial charge in [0.15, 0.2) is 5.78 Å². The van der Waals surface area contributed by atoms with E-state index in [2.05, 4.69) is 0 Å². The van der Waals surface area contributed by atoms with Gasteiger partial charge >= 0.3 is 0 Å². The maximum atomic E-state index is 10.9. The van der Waals surface area contributed by atoms with Crippen LogP contribution in [0.15, 0.2) is 12.2 Å². The van der Waals surface area contributed by atoms with Crippen molar-refractivity contribution >= 4 is 5.78 Å². The predicted octanol–water partition coefficient (Wildman–Crippen LogP) is 0.0144. The summed E-state index contributed by atoms with van der Waals surface area (Å²) in [6, 6.07) is 0. The van der Waals surface area contributed by atoms with Crippen molar-refractivity contribution in [2.75, 3.05) is 0 Å². The van der Waals surface area contributed by atoms with Gasteiger partial charge in [-0.15, -0.1) is 0 Å². The molecule has 82 valence electrons. The second-order valence-electron chi connectivity index (χ2n) is 3.36. The summed E-state index contributed by atoms with van der Waals surface area (Å²) in [4.78, 5) is 10.9. The molecular formula is C10H18O4. The minimum absolute atomic E-state index is 0.157. The number of carbonyl (C=O) groups is 1. The third kappa shape index (κ3) is 5.85. The Balaban J connectivity index is 3.69. The molecule has 0 bridgehead atoms. The lowest BCUT2D eigenvalue weighted by Gasteiger charge is -2.09. The van der Waals surface area contributed by atoms with E-state index in [1.165, 1.54) is 13.8 Å². The third-order valence-corrected chi connectivity index (χ3v) is 1.89. The van der Waals surface area contributed by atoms with Crippen LogP contribution in [0.5, 0.6) is 0 Å². The van der Waals surface area contributed by atoms with E-state index in [1.807, 2.05) is 0 Å². The molecular weight excluding hydrogens is 184 g/mol. The molecule has 3 N–H and O–H groups in total. The van der Waals surface area contributed by atoms with E-state index >= 15 is 0 Å². The Bertz CT molecular complexity index is 196. The Morgan fingerprint density at radius 3 is 2.21 bits per heavy atom. The van der Waals surface area contributed by atoms with E-state index < -0.39 is 18.3 Å². The van der Waals surface area contributed by atoms with Crippen LogP contribution >= 0.6 is 0 Å². The fourth-order valence-electron chi connectivity index (χ4n) is 0.803. The fourth-order valence-corrected chi connectivity index (χ4v) is 0.803. The largest absolute Gasteiger partial charge is 0.391 e. The highest BCUT2D eigenvalue weighted by molar-refractivity contribution is 5.83. The zero-order chi connectivity index (χ0) is 11.1. The van der Waals surface area contributed by atoms with Gasteiger partial charge < -0.3 is 15.3 Å². The maximum Gasteiger partial charge on any atom is 0.164 e. The number of carbonyl (C=O) groups excluding carboxylic acids is 1. The molecule has 0 aromatic heterocycles. The molecule has 0 spiro atoms. The molecule has 0 radical (unpaired) electrons. The molecule has 0 heterocycles. The molecule has 3 atom stereocenters. The number of aliphatic hydroxyl groups excluding tert-OH is 3. The molecule has 0 rings (SSSR count). The van der Waals surface area contributed by atoms with Crippen LogP contribution in [0.3, 0.4) is 0 Å². The average Bonchev–Trinajstić information content (AvgIpc) is 2.11. The first-order valence-electron chi connectivity index (χ1n) is 4.67. The van der Waals surface area contributed by atoms with Gasteiger partial charge in [0.25, 0.3) is 0 Å². The lowest BCUT2D eigenvalue weighted by Crippen LogP contribution is -2.21. The highest BCUT2D eigenvalue weighted by Gasteiger charge is 2.08. The molecule has 0 aliphatic rings. The topological polar surface area (TPSA) is 77.8 Å². The van der Waals surface area contributed by atoms with Gasteiger partial charge in [0, 0.05) is 6.42 Å². The van der Waals surface area contributed by atoms with Crippen molar-refractivity contribution in [3.63, 3.8) is 0 Å². The third-order valence-electron chi connectivity index (χ3n) is 1.89. The van der Waals surface area contributed by atoms with Crippen molar-refractivity contribution in [3.05, 3.63) is 12.2 Å². The minimum Gasteiger partial charge on any atom is -0.391 e. The van der Waals surface area contributed by atoms with Gasteiger partial charge in [0.1, 0.15) is 6.10 Å². The van der Waals surface area contributed by atoms with E-state index in [-0.39, 0.29) is 12.2 Å². The lowest BCUT2D eigenvalue weighted by molar-refractivity contribution is -0.125. The monoisotopic (exact) mass is 202 g/mol. The van der Waals surface area contributed by atoms with Gasteiger partial charge in [-0.1, -0.05) is 12.2 Å². The molecule has 3 unspecified atom stereocenters. The number of ketones is 1. The van der Waals surface area contributed by atoms with Crippen LogP contribution in [-0.4, -0.2) is 39.4 Å². The molecule has 0 saturated carbocycles. The summed E-state index contributed by atoms with van der Waals surface area (Å²) in [6.45, 7) is 2.92. The van der Waals surface area contributed by atoms with Crippen molar-refractivity contribution in [1.82, 2.24) is 0 Å². The summed E-state index contributed by atoms with van der Waals surface area (Å²) in [7, 11) is 0. The van der Waals surface area contributed by atoms with Gasteiger partial charge in [0.05, 0.1) is 12.2 Å². The van der Waals surface area contributed by atoms with E-state index in [1.54, 1.807) is 12.2 Å². The minimum atomic E-state index is -0.943. The van der Waals surface area contributed by atoms with E-state index in [0.717, 1.165) is 0 Å². The quantitative estimate of drug-likeness (QED) is 0.530. The molecule has 0 saturated heterocycles. The highest BCUT2D eigenvalue weighted by Crippen LogP contribution is 2.00. The van der Waals surface area contributed by atoms with Gasteiger partial charge in [-0.25, -0.2) is 0 Å². The normalized spacial score (nSPS) is 18.1. The van der Waals surface area contributed by atoms with Gasteiger partial charge in [0.2, 0.25) is 0 Å². The second kappa shape index (κ2) is 6.70. The van der Waals surface area contributed by atoms with Gasteiger partial charge in [-0.3, -0.25) is 4.79 Å². The Hall–Kier alpha value is -0.710. The van der Waals surface area contributed by atoms with Crippen LogP contribution in [-0.2, 0) is 4.79 Å². The second-order valence-corrected chi connectivity index (χ2v) is 3.36. The van der Waals surface area contributed by atoms with Crippen LogP contribution in [0.2, 0.25) is 0 Å². The van der Waals surface area contributed by atoms with Crippen LogP contribution in [0.4, 0.5) is 0 Å². The van der Waals surface area contributed by atoms with E-state index in [9.17, 15) is 4.79 Å². The average molecular weight is 202 g/mol. The summed E-state index contributed by atoms with van der Waals surface area (Å²) < 4.78 is 0. The molecule has 0 amide bonds. The Kier molecular flexibility index (Phi) is 6.36. The molecule has 0 aromatic rings. The molecule has 0 aromatic carbocycles. The van der Waals surface area contributed by atoms with Crippen LogP contribution in [0.25, 0.3) is 0 Å². The van der Waals surface area contributed by atoms with Crippen molar-refractivity contribution in [1.29, 1.82) is 0 Å². The molecule has 4 nitrogen and oxygen atoms in total. The summed E-state index contributed by atoms with van der Waals surface area (Å²) >= 11 is 0. The number of Topliss-reactive ketones (excluding diaryl/α,β-unsaturated/α-hetero) is 1. The number of aliphatic hydroxyl groups is 3. The highest BCUT2D eigenvalue weighted by atomic mass is 16.3. The summed E-state index contributed by atoms with van der Waals surface area (Å²) in [5.41, 5.74) is 0. The lowest BCUT2D eigenvalue weighted by atomic mass is 10.1. The standard InChI is InChI=1S/C10H18O4/c1-7(11)9(13)5-3-4-6-10(14)8(2)12/h3-4,7-9,11-13H,5-6H2,1-2H3/b4-3-. The molecule has 4 heteroatoms. The summed E-state index contributed by atoms with van der Waals surface area (Å²) in [6.07, 6.45) is 1.16. The Labute approximate surface area is 83.9 Å². The van der Waals surface area contributed by atoms with Crippen molar-refractivity contribution < 1.29 is 20.1 Å². The summed E-state index contributed by atoms with van der Waals surface area (Å²) in [5.74, 6) is -0.257. The fraction of sp³-hybridized carbons (Fsp3) is 0.700. The first-order valence-corrected chi connectivity index (χ1v) is 4.67. The van der Waals surface area contributed by atoms with E-state index in [4.69, 9.17) is 15.3 Å². The zero-order valence-corrected chi connectivity index (χ0v) is 8.55. The van der Waals surface area contributed by atoms with Crippen molar-refractivity contribution in [2.45, 2.75) is 45.0 Å².